The van der Waals surface area contributed by atoms with Gasteiger partial charge in [-0.25, -0.2) is 4.79 Å². The van der Waals surface area contributed by atoms with Crippen LogP contribution < -0.4 is 10.6 Å². The molecule has 1 saturated carbocycles. The first-order chi connectivity index (χ1) is 8.53. The summed E-state index contributed by atoms with van der Waals surface area (Å²) in [4.78, 5) is 11.9. The van der Waals surface area contributed by atoms with Gasteiger partial charge in [-0.1, -0.05) is 17.7 Å². The molecule has 0 heterocycles. The summed E-state index contributed by atoms with van der Waals surface area (Å²) in [5.74, 6) is 0.395. The number of benzene rings is 1. The zero-order valence-electron chi connectivity index (χ0n) is 10.9. The molecule has 2 amide bonds. The molecule has 18 heavy (non-hydrogen) atoms. The predicted molar refractivity (Wildman–Crippen MR) is 71.5 cm³/mol. The summed E-state index contributed by atoms with van der Waals surface area (Å²) >= 11 is 0. The van der Waals surface area contributed by atoms with Crippen molar-refractivity contribution < 1.29 is 9.90 Å². The monoisotopic (exact) mass is 248 g/mol. The number of hydrogen-bond donors (Lipinski definition) is 3. The number of aryl methyl sites for hydroxylation is 1. The highest BCUT2D eigenvalue weighted by Crippen LogP contribution is 2.39. The number of anilines is 1. The third-order valence-electron chi connectivity index (χ3n) is 3.52. The van der Waals surface area contributed by atoms with Gasteiger partial charge < -0.3 is 15.7 Å². The van der Waals surface area contributed by atoms with Crippen molar-refractivity contribution in [3.63, 3.8) is 0 Å². The topological polar surface area (TPSA) is 61.4 Å². The lowest BCUT2D eigenvalue weighted by molar-refractivity contribution is 0.159. The van der Waals surface area contributed by atoms with Gasteiger partial charge in [-0.15, -0.1) is 0 Å². The maximum Gasteiger partial charge on any atom is 0.319 e. The average Bonchev–Trinajstić information content (AvgIpc) is 3.16. The lowest BCUT2D eigenvalue weighted by Gasteiger charge is -2.28. The summed E-state index contributed by atoms with van der Waals surface area (Å²) in [6, 6.07) is 7.36. The van der Waals surface area contributed by atoms with Gasteiger partial charge in [-0.05, 0) is 44.7 Å². The van der Waals surface area contributed by atoms with Crippen molar-refractivity contribution >= 4 is 11.7 Å². The van der Waals surface area contributed by atoms with Crippen LogP contribution in [0.5, 0.6) is 0 Å². The minimum Gasteiger partial charge on any atom is -0.394 e. The molecule has 3 N–H and O–H groups in total. The molecule has 1 aromatic carbocycles. The number of carbonyl (C=O) groups excluding carboxylic acids is 1. The highest BCUT2D eigenvalue weighted by molar-refractivity contribution is 5.89. The SMILES string of the molecule is Cc1ccc(NC(=O)NC(C)(CO)C2CC2)cc1. The Balaban J connectivity index is 1.93. The Morgan fingerprint density at radius 3 is 2.50 bits per heavy atom. The molecule has 1 aliphatic rings. The molecule has 2 rings (SSSR count). The number of aliphatic hydroxyl groups excluding tert-OH is 1. The number of rotatable bonds is 4. The lowest BCUT2D eigenvalue weighted by atomic mass is 9.97. The predicted octanol–water partition coefficient (Wildman–Crippen LogP) is 2.28. The summed E-state index contributed by atoms with van der Waals surface area (Å²) in [6.07, 6.45) is 2.14. The van der Waals surface area contributed by atoms with Gasteiger partial charge in [0.15, 0.2) is 0 Å². The highest BCUT2D eigenvalue weighted by Gasteiger charge is 2.42. The quantitative estimate of drug-likeness (QED) is 0.765. The molecule has 0 radical (unpaired) electrons. The molecule has 1 aromatic rings. The van der Waals surface area contributed by atoms with Crippen molar-refractivity contribution in [2.75, 3.05) is 11.9 Å². The molecular weight excluding hydrogens is 228 g/mol. The fourth-order valence-electron chi connectivity index (χ4n) is 2.05. The van der Waals surface area contributed by atoms with E-state index < -0.39 is 5.54 Å². The molecule has 4 heteroatoms. The minimum atomic E-state index is -0.505. The molecular formula is C14H20N2O2. The number of nitrogens with one attached hydrogen (secondary N) is 2. The summed E-state index contributed by atoms with van der Waals surface area (Å²) < 4.78 is 0. The van der Waals surface area contributed by atoms with Crippen molar-refractivity contribution in [3.8, 4) is 0 Å². The third kappa shape index (κ3) is 3.01. The van der Waals surface area contributed by atoms with Crippen molar-refractivity contribution in [1.82, 2.24) is 5.32 Å². The van der Waals surface area contributed by atoms with Crippen LogP contribution in [0.3, 0.4) is 0 Å². The molecule has 0 spiro atoms. The zero-order valence-corrected chi connectivity index (χ0v) is 10.9. The van der Waals surface area contributed by atoms with Gasteiger partial charge in [-0.3, -0.25) is 0 Å². The third-order valence-corrected chi connectivity index (χ3v) is 3.52. The Morgan fingerprint density at radius 1 is 1.39 bits per heavy atom. The second kappa shape index (κ2) is 4.98. The second-order valence-corrected chi connectivity index (χ2v) is 5.30. The van der Waals surface area contributed by atoms with Gasteiger partial charge in [-0.2, -0.15) is 0 Å². The second-order valence-electron chi connectivity index (χ2n) is 5.30. The summed E-state index contributed by atoms with van der Waals surface area (Å²) in [5.41, 5.74) is 1.41. The number of hydrogen-bond acceptors (Lipinski definition) is 2. The van der Waals surface area contributed by atoms with Gasteiger partial charge in [0, 0.05) is 5.69 Å². The van der Waals surface area contributed by atoms with Crippen LogP contribution in [0.2, 0.25) is 0 Å². The normalized spacial score (nSPS) is 17.9. The fraction of sp³-hybridized carbons (Fsp3) is 0.500. The Bertz CT molecular complexity index is 426. The smallest absolute Gasteiger partial charge is 0.319 e. The van der Waals surface area contributed by atoms with E-state index in [0.29, 0.717) is 5.92 Å². The summed E-state index contributed by atoms with van der Waals surface area (Å²) in [7, 11) is 0. The van der Waals surface area contributed by atoms with Crippen LogP contribution in [0, 0.1) is 12.8 Å². The van der Waals surface area contributed by atoms with E-state index >= 15 is 0 Å². The molecule has 4 nitrogen and oxygen atoms in total. The Morgan fingerprint density at radius 2 is 2.00 bits per heavy atom. The maximum atomic E-state index is 11.9. The van der Waals surface area contributed by atoms with E-state index in [1.807, 2.05) is 38.1 Å². The van der Waals surface area contributed by atoms with E-state index in [-0.39, 0.29) is 12.6 Å². The van der Waals surface area contributed by atoms with E-state index in [4.69, 9.17) is 0 Å². The van der Waals surface area contributed by atoms with E-state index in [9.17, 15) is 9.90 Å². The molecule has 0 bridgehead atoms. The summed E-state index contributed by atoms with van der Waals surface area (Å²) in [5, 5.41) is 15.1. The molecule has 98 valence electrons. The van der Waals surface area contributed by atoms with E-state index in [2.05, 4.69) is 10.6 Å². The number of urea groups is 1. The molecule has 0 aliphatic heterocycles. The Labute approximate surface area is 107 Å². The van der Waals surface area contributed by atoms with Gasteiger partial charge in [0.1, 0.15) is 0 Å². The van der Waals surface area contributed by atoms with Crippen LogP contribution in [0.4, 0.5) is 10.5 Å². The van der Waals surface area contributed by atoms with Gasteiger partial charge in [0.25, 0.3) is 0 Å². The van der Waals surface area contributed by atoms with Crippen LogP contribution in [0.25, 0.3) is 0 Å². The minimum absolute atomic E-state index is 0.0288. The van der Waals surface area contributed by atoms with Crippen LogP contribution >= 0.6 is 0 Å². The molecule has 0 saturated heterocycles. The zero-order chi connectivity index (χ0) is 13.2. The standard InChI is InChI=1S/C14H20N2O2/c1-10-3-7-12(8-4-10)15-13(18)16-14(2,9-17)11-5-6-11/h3-4,7-8,11,17H,5-6,9H2,1-2H3,(H2,15,16,18). The van der Waals surface area contributed by atoms with Gasteiger partial charge in [0.05, 0.1) is 12.1 Å². The molecule has 1 unspecified atom stereocenters. The molecule has 0 aromatic heterocycles. The fourth-order valence-corrected chi connectivity index (χ4v) is 2.05. The molecule has 1 atom stereocenters. The van der Waals surface area contributed by atoms with E-state index in [1.165, 1.54) is 0 Å². The van der Waals surface area contributed by atoms with Gasteiger partial charge in [0.2, 0.25) is 0 Å². The first-order valence-electron chi connectivity index (χ1n) is 6.30. The number of amides is 2. The van der Waals surface area contributed by atoms with Crippen molar-refractivity contribution in [1.29, 1.82) is 0 Å². The Kier molecular flexibility index (Phi) is 3.57. The first-order valence-corrected chi connectivity index (χ1v) is 6.30. The Hall–Kier alpha value is -1.55. The molecule has 1 aliphatic carbocycles. The van der Waals surface area contributed by atoms with Gasteiger partial charge >= 0.3 is 6.03 Å². The van der Waals surface area contributed by atoms with Crippen molar-refractivity contribution in [3.05, 3.63) is 29.8 Å². The van der Waals surface area contributed by atoms with E-state index in [0.717, 1.165) is 24.1 Å². The highest BCUT2D eigenvalue weighted by atomic mass is 16.3. The van der Waals surface area contributed by atoms with Crippen molar-refractivity contribution in [2.24, 2.45) is 5.92 Å². The van der Waals surface area contributed by atoms with E-state index in [1.54, 1.807) is 0 Å². The molecule has 1 fully saturated rings. The largest absolute Gasteiger partial charge is 0.394 e. The average molecular weight is 248 g/mol. The number of aliphatic hydroxyl groups is 1. The first kappa shape index (κ1) is 12.9. The van der Waals surface area contributed by atoms with Crippen LogP contribution in [-0.4, -0.2) is 23.3 Å². The maximum absolute atomic E-state index is 11.9. The van der Waals surface area contributed by atoms with Crippen LogP contribution in [0.1, 0.15) is 25.3 Å². The summed E-state index contributed by atoms with van der Waals surface area (Å²) in [6.45, 7) is 3.86. The van der Waals surface area contributed by atoms with Crippen molar-refractivity contribution in [2.45, 2.75) is 32.2 Å². The van der Waals surface area contributed by atoms with Crippen LogP contribution in [-0.2, 0) is 0 Å². The van der Waals surface area contributed by atoms with Crippen LogP contribution in [0.15, 0.2) is 24.3 Å². The lowest BCUT2D eigenvalue weighted by Crippen LogP contribution is -2.52. The number of carbonyl (C=O) groups is 1.